The lowest BCUT2D eigenvalue weighted by Gasteiger charge is -2.21. The molecule has 0 radical (unpaired) electrons. The van der Waals surface area contributed by atoms with Gasteiger partial charge in [0.05, 0.1) is 24.5 Å². The van der Waals surface area contributed by atoms with Gasteiger partial charge in [0.15, 0.2) is 5.79 Å². The molecule has 1 fully saturated rings. The molecule has 0 N–H and O–H groups in total. The van der Waals surface area contributed by atoms with E-state index in [1.54, 1.807) is 13.8 Å². The summed E-state index contributed by atoms with van der Waals surface area (Å²) in [5.41, 5.74) is 1.68. The van der Waals surface area contributed by atoms with E-state index < -0.39 is 34.2 Å². The highest BCUT2D eigenvalue weighted by molar-refractivity contribution is 7.86. The minimum absolute atomic E-state index is 0.206. The molecule has 1 aromatic rings. The Bertz CT molecular complexity index is 759. The summed E-state index contributed by atoms with van der Waals surface area (Å²) in [5.74, 6) is -0.850. The largest absolute Gasteiger partial charge is 0.372 e. The van der Waals surface area contributed by atoms with Crippen molar-refractivity contribution >= 4 is 21.7 Å². The van der Waals surface area contributed by atoms with E-state index in [0.29, 0.717) is 12.2 Å². The van der Waals surface area contributed by atoms with Gasteiger partial charge in [-0.2, -0.15) is 8.42 Å². The molecular formula is C17H21ClO6S. The van der Waals surface area contributed by atoms with E-state index in [0.717, 1.165) is 11.8 Å². The molecule has 138 valence electrons. The van der Waals surface area contributed by atoms with Gasteiger partial charge in [-0.1, -0.05) is 41.9 Å². The lowest BCUT2D eigenvalue weighted by atomic mass is 10.1. The first-order chi connectivity index (χ1) is 11.7. The lowest BCUT2D eigenvalue weighted by Crippen LogP contribution is -2.34. The number of rotatable bonds is 6. The second-order valence-electron chi connectivity index (χ2n) is 6.59. The Kier molecular flexibility index (Phi) is 5.26. The van der Waals surface area contributed by atoms with E-state index >= 15 is 0 Å². The van der Waals surface area contributed by atoms with E-state index in [4.69, 9.17) is 30.0 Å². The second kappa shape index (κ2) is 6.98. The van der Waals surface area contributed by atoms with Crippen molar-refractivity contribution in [2.75, 3.05) is 12.9 Å². The van der Waals surface area contributed by atoms with Gasteiger partial charge >= 0.3 is 0 Å². The minimum atomic E-state index is -3.70. The van der Waals surface area contributed by atoms with Crippen LogP contribution in [0.25, 0.3) is 0 Å². The van der Waals surface area contributed by atoms with Gasteiger partial charge in [0, 0.05) is 5.57 Å². The summed E-state index contributed by atoms with van der Waals surface area (Å²) >= 11 is 6.38. The molecule has 8 heteroatoms. The maximum Gasteiger partial charge on any atom is 0.265 e. The molecule has 1 heterocycles. The normalized spacial score (nSPS) is 28.4. The molecule has 6 nitrogen and oxygen atoms in total. The van der Waals surface area contributed by atoms with Crippen molar-refractivity contribution in [1.82, 2.24) is 0 Å². The first kappa shape index (κ1) is 18.8. The van der Waals surface area contributed by atoms with E-state index in [1.165, 1.54) is 0 Å². The van der Waals surface area contributed by atoms with E-state index in [2.05, 4.69) is 0 Å². The summed E-state index contributed by atoms with van der Waals surface area (Å²) in [5, 5.41) is 0.268. The van der Waals surface area contributed by atoms with Crippen LogP contribution in [0.4, 0.5) is 0 Å². The highest BCUT2D eigenvalue weighted by Gasteiger charge is 2.54. The average Bonchev–Trinajstić information content (AvgIpc) is 2.93. The van der Waals surface area contributed by atoms with E-state index in [1.807, 2.05) is 30.3 Å². The molecule has 0 saturated carbocycles. The van der Waals surface area contributed by atoms with Crippen LogP contribution < -0.4 is 0 Å². The van der Waals surface area contributed by atoms with Crippen molar-refractivity contribution < 1.29 is 26.8 Å². The highest BCUT2D eigenvalue weighted by Crippen LogP contribution is 2.44. The molecule has 0 aromatic heterocycles. The SMILES string of the molecule is CC1(C)O[C@@H]2[C@H](O1)C(COCc1ccccc1)=C(Cl)[C@@H]2OS(C)(=O)=O. The van der Waals surface area contributed by atoms with Crippen molar-refractivity contribution in [2.24, 2.45) is 0 Å². The topological polar surface area (TPSA) is 71.1 Å². The third kappa shape index (κ3) is 4.42. The number of hydrogen-bond donors (Lipinski definition) is 0. The van der Waals surface area contributed by atoms with Gasteiger partial charge in [0.25, 0.3) is 10.1 Å². The zero-order valence-electron chi connectivity index (χ0n) is 14.3. The van der Waals surface area contributed by atoms with Crippen molar-refractivity contribution in [3.8, 4) is 0 Å². The van der Waals surface area contributed by atoms with Crippen LogP contribution in [0.1, 0.15) is 19.4 Å². The van der Waals surface area contributed by atoms with Gasteiger partial charge in [-0.3, -0.25) is 4.18 Å². The van der Waals surface area contributed by atoms with Gasteiger partial charge in [-0.15, -0.1) is 0 Å². The van der Waals surface area contributed by atoms with Crippen molar-refractivity contribution in [2.45, 2.75) is 44.6 Å². The third-order valence-electron chi connectivity index (χ3n) is 3.98. The Labute approximate surface area is 152 Å². The van der Waals surface area contributed by atoms with E-state index in [9.17, 15) is 8.42 Å². The van der Waals surface area contributed by atoms with Crippen LogP contribution in [-0.2, 0) is 35.1 Å². The molecule has 25 heavy (non-hydrogen) atoms. The Balaban J connectivity index is 1.75. The highest BCUT2D eigenvalue weighted by atomic mass is 35.5. The minimum Gasteiger partial charge on any atom is -0.372 e. The summed E-state index contributed by atoms with van der Waals surface area (Å²) in [6.45, 7) is 4.14. The first-order valence-electron chi connectivity index (χ1n) is 7.90. The third-order valence-corrected chi connectivity index (χ3v) is 4.99. The Morgan fingerprint density at radius 2 is 1.84 bits per heavy atom. The molecule has 1 aromatic carbocycles. The zero-order valence-corrected chi connectivity index (χ0v) is 15.8. The molecule has 1 aliphatic heterocycles. The fourth-order valence-electron chi connectivity index (χ4n) is 3.03. The molecule has 1 aliphatic carbocycles. The van der Waals surface area contributed by atoms with Crippen LogP contribution >= 0.6 is 11.6 Å². The molecule has 0 spiro atoms. The average molecular weight is 389 g/mol. The van der Waals surface area contributed by atoms with Gasteiger partial charge in [-0.25, -0.2) is 0 Å². The van der Waals surface area contributed by atoms with Crippen LogP contribution in [-0.4, -0.2) is 45.4 Å². The number of halogens is 1. The Morgan fingerprint density at radius 3 is 2.48 bits per heavy atom. The van der Waals surface area contributed by atoms with Crippen LogP contribution in [0.15, 0.2) is 40.9 Å². The fraction of sp³-hybridized carbons (Fsp3) is 0.529. The maximum absolute atomic E-state index is 11.6. The molecule has 3 atom stereocenters. The summed E-state index contributed by atoms with van der Waals surface area (Å²) in [7, 11) is -3.70. The quantitative estimate of drug-likeness (QED) is 0.697. The molecule has 0 bridgehead atoms. The molecule has 0 unspecified atom stereocenters. The first-order valence-corrected chi connectivity index (χ1v) is 10.1. The molecule has 0 amide bonds. The number of hydrogen-bond acceptors (Lipinski definition) is 6. The second-order valence-corrected chi connectivity index (χ2v) is 8.60. The van der Waals surface area contributed by atoms with Gasteiger partial charge < -0.3 is 14.2 Å². The molecule has 3 rings (SSSR count). The van der Waals surface area contributed by atoms with Crippen molar-refractivity contribution in [3.63, 3.8) is 0 Å². The summed E-state index contributed by atoms with van der Waals surface area (Å²) < 4.78 is 45.7. The smallest absolute Gasteiger partial charge is 0.265 e. The predicted octanol–water partition coefficient (Wildman–Crippen LogP) is 2.57. The van der Waals surface area contributed by atoms with Gasteiger partial charge in [0.2, 0.25) is 0 Å². The van der Waals surface area contributed by atoms with Gasteiger partial charge in [0.1, 0.15) is 18.3 Å². The van der Waals surface area contributed by atoms with Crippen LogP contribution in [0.5, 0.6) is 0 Å². The summed E-state index contributed by atoms with van der Waals surface area (Å²) in [6, 6.07) is 9.72. The lowest BCUT2D eigenvalue weighted by molar-refractivity contribution is -0.152. The van der Waals surface area contributed by atoms with Crippen molar-refractivity contribution in [3.05, 3.63) is 46.5 Å². The van der Waals surface area contributed by atoms with Gasteiger partial charge in [-0.05, 0) is 19.4 Å². The fourth-order valence-corrected chi connectivity index (χ4v) is 4.00. The Hall–Kier alpha value is -0.960. The Morgan fingerprint density at radius 1 is 1.16 bits per heavy atom. The van der Waals surface area contributed by atoms with E-state index in [-0.39, 0.29) is 11.6 Å². The molecule has 1 saturated heterocycles. The molecular weight excluding hydrogens is 368 g/mol. The number of benzene rings is 1. The van der Waals surface area contributed by atoms with Crippen LogP contribution in [0.3, 0.4) is 0 Å². The monoisotopic (exact) mass is 388 g/mol. The maximum atomic E-state index is 11.6. The number of fused-ring (bicyclic) bond motifs is 1. The summed E-state index contributed by atoms with van der Waals surface area (Å²) in [6.07, 6.45) is -1.05. The standard InChI is InChI=1S/C17H21ClO6S/c1-17(2)22-14-12(10-21-9-11-7-5-4-6-8-11)13(18)15(16(14)23-17)24-25(3,19)20/h4-8,14-16H,9-10H2,1-3H3/t14-,15+,16-/m1/s1. The van der Waals surface area contributed by atoms with Crippen LogP contribution in [0.2, 0.25) is 0 Å². The van der Waals surface area contributed by atoms with Crippen molar-refractivity contribution in [1.29, 1.82) is 0 Å². The van der Waals surface area contributed by atoms with Crippen LogP contribution in [0, 0.1) is 0 Å². The zero-order chi connectivity index (χ0) is 18.2. The molecule has 2 aliphatic rings. The summed E-state index contributed by atoms with van der Waals surface area (Å²) in [4.78, 5) is 0. The number of ether oxygens (including phenoxy) is 3. The predicted molar refractivity (Wildman–Crippen MR) is 92.5 cm³/mol.